The first-order valence-electron chi connectivity index (χ1n) is 7.05. The Morgan fingerprint density at radius 2 is 1.72 bits per heavy atom. The van der Waals surface area contributed by atoms with Gasteiger partial charge < -0.3 is 9.80 Å². The maximum absolute atomic E-state index is 12.5. The predicted molar refractivity (Wildman–Crippen MR) is 67.8 cm³/mol. The fraction of sp³-hybridized carbons (Fsp3) is 0.714. The molecule has 0 aromatic heterocycles. The smallest absolute Gasteiger partial charge is 0.246 e. The quantitative estimate of drug-likeness (QED) is 0.702. The topological polar surface area (TPSA) is 40.6 Å². The van der Waals surface area contributed by atoms with Crippen LogP contribution in [0.4, 0.5) is 0 Å². The van der Waals surface area contributed by atoms with Crippen molar-refractivity contribution in [2.75, 3.05) is 13.1 Å². The van der Waals surface area contributed by atoms with Crippen LogP contribution < -0.4 is 0 Å². The van der Waals surface area contributed by atoms with Crippen molar-refractivity contribution in [2.24, 2.45) is 0 Å². The molecule has 2 amide bonds. The zero-order valence-corrected chi connectivity index (χ0v) is 10.7. The van der Waals surface area contributed by atoms with Crippen LogP contribution in [-0.2, 0) is 9.59 Å². The molecule has 1 saturated heterocycles. The first-order chi connectivity index (χ1) is 8.77. The Morgan fingerprint density at radius 1 is 1.00 bits per heavy atom. The average molecular weight is 248 g/mol. The Labute approximate surface area is 108 Å². The van der Waals surface area contributed by atoms with Crippen LogP contribution in [0.1, 0.15) is 38.5 Å². The van der Waals surface area contributed by atoms with Gasteiger partial charge in [-0.1, -0.05) is 25.3 Å². The molecule has 0 N–H and O–H groups in total. The van der Waals surface area contributed by atoms with Crippen molar-refractivity contribution in [1.29, 1.82) is 0 Å². The molecule has 0 aromatic carbocycles. The van der Waals surface area contributed by atoms with E-state index in [1.54, 1.807) is 11.0 Å². The number of nitrogens with zero attached hydrogens (tertiary/aromatic N) is 2. The Balaban J connectivity index is 1.74. The van der Waals surface area contributed by atoms with Crippen LogP contribution in [-0.4, -0.2) is 46.8 Å². The first kappa shape index (κ1) is 11.8. The number of amides is 2. The molecule has 2 fully saturated rings. The van der Waals surface area contributed by atoms with Gasteiger partial charge in [0.1, 0.15) is 6.04 Å². The Bertz CT molecular complexity index is 385. The SMILES string of the molecule is O=C1C2CC=CC(=O)N2CCN1C1CCCCC1. The van der Waals surface area contributed by atoms with Gasteiger partial charge in [0.2, 0.25) is 11.8 Å². The van der Waals surface area contributed by atoms with Crippen LogP contribution >= 0.6 is 0 Å². The second-order valence-corrected chi connectivity index (χ2v) is 5.51. The molecule has 18 heavy (non-hydrogen) atoms. The molecule has 3 aliphatic rings. The summed E-state index contributed by atoms with van der Waals surface area (Å²) in [7, 11) is 0. The van der Waals surface area contributed by atoms with Gasteiger partial charge in [-0.2, -0.15) is 0 Å². The van der Waals surface area contributed by atoms with Crippen LogP contribution in [0, 0.1) is 0 Å². The van der Waals surface area contributed by atoms with E-state index >= 15 is 0 Å². The third-order valence-electron chi connectivity index (χ3n) is 4.44. The number of hydrogen-bond donors (Lipinski definition) is 0. The molecular formula is C14H20N2O2. The lowest BCUT2D eigenvalue weighted by Crippen LogP contribution is -2.61. The van der Waals surface area contributed by atoms with Crippen molar-refractivity contribution in [3.63, 3.8) is 0 Å². The minimum absolute atomic E-state index is 0.00268. The zero-order chi connectivity index (χ0) is 12.5. The van der Waals surface area contributed by atoms with Gasteiger partial charge >= 0.3 is 0 Å². The van der Waals surface area contributed by atoms with E-state index in [-0.39, 0.29) is 17.9 Å². The largest absolute Gasteiger partial charge is 0.336 e. The van der Waals surface area contributed by atoms with E-state index in [1.807, 2.05) is 11.0 Å². The van der Waals surface area contributed by atoms with E-state index in [1.165, 1.54) is 19.3 Å². The summed E-state index contributed by atoms with van der Waals surface area (Å²) >= 11 is 0. The molecule has 1 aliphatic carbocycles. The van der Waals surface area contributed by atoms with E-state index in [9.17, 15) is 9.59 Å². The van der Waals surface area contributed by atoms with E-state index in [2.05, 4.69) is 0 Å². The summed E-state index contributed by atoms with van der Waals surface area (Å²) in [5.74, 6) is 0.175. The Kier molecular flexibility index (Phi) is 3.10. The van der Waals surface area contributed by atoms with Gasteiger partial charge in [-0.15, -0.1) is 0 Å². The first-order valence-corrected chi connectivity index (χ1v) is 7.05. The summed E-state index contributed by atoms with van der Waals surface area (Å²) in [6, 6.07) is 0.201. The second kappa shape index (κ2) is 4.75. The van der Waals surface area contributed by atoms with E-state index in [0.717, 1.165) is 19.4 Å². The van der Waals surface area contributed by atoms with Crippen molar-refractivity contribution < 1.29 is 9.59 Å². The highest BCUT2D eigenvalue weighted by atomic mass is 16.2. The van der Waals surface area contributed by atoms with Gasteiger partial charge in [0.15, 0.2) is 0 Å². The molecule has 3 rings (SSSR count). The lowest BCUT2D eigenvalue weighted by atomic mass is 9.92. The molecule has 1 unspecified atom stereocenters. The average Bonchev–Trinajstić information content (AvgIpc) is 2.41. The van der Waals surface area contributed by atoms with Crippen molar-refractivity contribution in [3.8, 4) is 0 Å². The fourth-order valence-corrected chi connectivity index (χ4v) is 3.45. The molecule has 0 radical (unpaired) electrons. The third-order valence-corrected chi connectivity index (χ3v) is 4.44. The minimum Gasteiger partial charge on any atom is -0.336 e. The van der Waals surface area contributed by atoms with E-state index in [4.69, 9.17) is 0 Å². The summed E-state index contributed by atoms with van der Waals surface area (Å²) in [6.45, 7) is 1.43. The highest BCUT2D eigenvalue weighted by Crippen LogP contribution is 2.27. The Morgan fingerprint density at radius 3 is 2.50 bits per heavy atom. The van der Waals surface area contributed by atoms with Crippen molar-refractivity contribution in [3.05, 3.63) is 12.2 Å². The number of rotatable bonds is 1. The lowest BCUT2D eigenvalue weighted by molar-refractivity contribution is -0.152. The monoisotopic (exact) mass is 248 g/mol. The zero-order valence-electron chi connectivity index (χ0n) is 10.7. The van der Waals surface area contributed by atoms with Crippen molar-refractivity contribution in [1.82, 2.24) is 9.80 Å². The van der Waals surface area contributed by atoms with Crippen molar-refractivity contribution >= 4 is 11.8 Å². The summed E-state index contributed by atoms with van der Waals surface area (Å²) in [5, 5.41) is 0. The molecule has 4 nitrogen and oxygen atoms in total. The molecule has 0 aromatic rings. The van der Waals surface area contributed by atoms with Gasteiger partial charge in [-0.05, 0) is 25.3 Å². The number of carbonyl (C=O) groups excluding carboxylic acids is 2. The van der Waals surface area contributed by atoms with Gasteiger partial charge in [0.05, 0.1) is 0 Å². The fourth-order valence-electron chi connectivity index (χ4n) is 3.45. The van der Waals surface area contributed by atoms with E-state index in [0.29, 0.717) is 19.0 Å². The number of piperazine rings is 1. The second-order valence-electron chi connectivity index (χ2n) is 5.51. The number of fused-ring (bicyclic) bond motifs is 1. The van der Waals surface area contributed by atoms with Crippen molar-refractivity contribution in [2.45, 2.75) is 50.6 Å². The van der Waals surface area contributed by atoms with Crippen LogP contribution in [0.3, 0.4) is 0 Å². The lowest BCUT2D eigenvalue weighted by Gasteiger charge is -2.45. The van der Waals surface area contributed by atoms with Crippen LogP contribution in [0.25, 0.3) is 0 Å². The van der Waals surface area contributed by atoms with Gasteiger partial charge in [0.25, 0.3) is 0 Å². The maximum atomic E-state index is 12.5. The van der Waals surface area contributed by atoms with Crippen LogP contribution in [0.5, 0.6) is 0 Å². The molecule has 98 valence electrons. The molecule has 2 aliphatic heterocycles. The standard InChI is InChI=1S/C14H20N2O2/c17-13-8-4-7-12-14(18)15(9-10-16(12)13)11-5-2-1-3-6-11/h4,8,11-12H,1-3,5-7,9-10H2. The Hall–Kier alpha value is -1.32. The van der Waals surface area contributed by atoms with E-state index < -0.39 is 0 Å². The predicted octanol–water partition coefficient (Wildman–Crippen LogP) is 1.32. The van der Waals surface area contributed by atoms with Gasteiger partial charge in [-0.3, -0.25) is 9.59 Å². The van der Waals surface area contributed by atoms with Gasteiger partial charge in [0, 0.05) is 19.1 Å². The highest BCUT2D eigenvalue weighted by Gasteiger charge is 2.40. The highest BCUT2D eigenvalue weighted by molar-refractivity contribution is 5.95. The summed E-state index contributed by atoms with van der Waals surface area (Å²) < 4.78 is 0. The molecule has 4 heteroatoms. The number of carbonyl (C=O) groups is 2. The molecular weight excluding hydrogens is 228 g/mol. The summed E-state index contributed by atoms with van der Waals surface area (Å²) in [5.41, 5.74) is 0. The number of hydrogen-bond acceptors (Lipinski definition) is 2. The molecule has 1 atom stereocenters. The molecule has 0 spiro atoms. The normalized spacial score (nSPS) is 29.7. The third kappa shape index (κ3) is 1.93. The van der Waals surface area contributed by atoms with Crippen LogP contribution in [0.2, 0.25) is 0 Å². The molecule has 1 saturated carbocycles. The molecule has 0 bridgehead atoms. The van der Waals surface area contributed by atoms with Crippen LogP contribution in [0.15, 0.2) is 12.2 Å². The minimum atomic E-state index is -0.224. The van der Waals surface area contributed by atoms with Gasteiger partial charge in [-0.25, -0.2) is 0 Å². The summed E-state index contributed by atoms with van der Waals surface area (Å²) in [4.78, 5) is 28.0. The molecule has 2 heterocycles. The summed E-state index contributed by atoms with van der Waals surface area (Å²) in [6.07, 6.45) is 10.2. The maximum Gasteiger partial charge on any atom is 0.246 e.